The lowest BCUT2D eigenvalue weighted by molar-refractivity contribution is 0.449. The third-order valence-corrected chi connectivity index (χ3v) is 1.18. The van der Waals surface area contributed by atoms with Gasteiger partial charge in [-0.3, -0.25) is 0 Å². The summed E-state index contributed by atoms with van der Waals surface area (Å²) in [5, 5.41) is 3.31. The number of alkyl halides is 1. The van der Waals surface area contributed by atoms with Crippen molar-refractivity contribution in [2.75, 3.05) is 12.4 Å². The zero-order chi connectivity index (χ0) is 8.04. The van der Waals surface area contributed by atoms with Crippen molar-refractivity contribution in [3.05, 3.63) is 12.2 Å². The van der Waals surface area contributed by atoms with E-state index in [1.165, 1.54) is 0 Å². The first-order valence-electron chi connectivity index (χ1n) is 3.52. The summed E-state index contributed by atoms with van der Waals surface area (Å²) in [4.78, 5) is 0. The minimum Gasteiger partial charge on any atom is -0.309 e. The van der Waals surface area contributed by atoms with E-state index in [1.807, 2.05) is 12.2 Å². The van der Waals surface area contributed by atoms with Crippen molar-refractivity contribution in [1.29, 1.82) is 0 Å². The van der Waals surface area contributed by atoms with E-state index in [-0.39, 0.29) is 5.54 Å². The molecule has 0 aromatic rings. The van der Waals surface area contributed by atoms with Gasteiger partial charge >= 0.3 is 0 Å². The lowest BCUT2D eigenvalue weighted by Crippen LogP contribution is -2.35. The molecule has 0 amide bonds. The van der Waals surface area contributed by atoms with E-state index in [2.05, 4.69) is 26.1 Å². The standard InChI is InChI=1S/C8H16ClN/c1-8(2,3)10-7-5-4-6-9/h4-5,10H,6-7H2,1-3H3/b5-4+. The summed E-state index contributed by atoms with van der Waals surface area (Å²) in [6.07, 6.45) is 3.98. The monoisotopic (exact) mass is 161 g/mol. The lowest BCUT2D eigenvalue weighted by Gasteiger charge is -2.18. The first-order chi connectivity index (χ1) is 4.56. The molecule has 0 fully saturated rings. The summed E-state index contributed by atoms with van der Waals surface area (Å²) >= 11 is 5.44. The third-order valence-electron chi connectivity index (χ3n) is 1.01. The lowest BCUT2D eigenvalue weighted by atomic mass is 10.1. The predicted molar refractivity (Wildman–Crippen MR) is 47.6 cm³/mol. The van der Waals surface area contributed by atoms with Gasteiger partial charge in [-0.05, 0) is 20.8 Å². The summed E-state index contributed by atoms with van der Waals surface area (Å²) in [5.74, 6) is 0.603. The highest BCUT2D eigenvalue weighted by molar-refractivity contribution is 6.18. The molecule has 0 aliphatic carbocycles. The van der Waals surface area contributed by atoms with Crippen LogP contribution >= 0.6 is 11.6 Å². The van der Waals surface area contributed by atoms with Crippen LogP contribution in [-0.2, 0) is 0 Å². The molecular formula is C8H16ClN. The predicted octanol–water partition coefficient (Wildman–Crippen LogP) is 2.17. The fraction of sp³-hybridized carbons (Fsp3) is 0.750. The van der Waals surface area contributed by atoms with Crippen molar-refractivity contribution in [3.8, 4) is 0 Å². The molecule has 0 aromatic heterocycles. The Balaban J connectivity index is 3.28. The zero-order valence-corrected chi connectivity index (χ0v) is 7.70. The van der Waals surface area contributed by atoms with Crippen LogP contribution in [0.4, 0.5) is 0 Å². The molecule has 0 aliphatic rings. The van der Waals surface area contributed by atoms with Crippen LogP contribution in [-0.4, -0.2) is 18.0 Å². The highest BCUT2D eigenvalue weighted by Crippen LogP contribution is 1.96. The van der Waals surface area contributed by atoms with Crippen LogP contribution in [0.2, 0.25) is 0 Å². The molecule has 0 spiro atoms. The Hall–Kier alpha value is -0.0100. The van der Waals surface area contributed by atoms with Crippen LogP contribution in [0.3, 0.4) is 0 Å². The number of hydrogen-bond acceptors (Lipinski definition) is 1. The molecule has 0 aromatic carbocycles. The van der Waals surface area contributed by atoms with E-state index in [0.29, 0.717) is 5.88 Å². The van der Waals surface area contributed by atoms with Gasteiger partial charge in [-0.15, -0.1) is 11.6 Å². The average molecular weight is 162 g/mol. The first-order valence-corrected chi connectivity index (χ1v) is 4.06. The van der Waals surface area contributed by atoms with Gasteiger partial charge in [-0.25, -0.2) is 0 Å². The second-order valence-electron chi connectivity index (χ2n) is 3.26. The number of allylic oxidation sites excluding steroid dienone is 1. The number of hydrogen-bond donors (Lipinski definition) is 1. The second kappa shape index (κ2) is 4.75. The van der Waals surface area contributed by atoms with Gasteiger partial charge in [-0.1, -0.05) is 12.2 Å². The van der Waals surface area contributed by atoms with Crippen LogP contribution in [0.1, 0.15) is 20.8 Å². The maximum atomic E-state index is 5.44. The van der Waals surface area contributed by atoms with Crippen LogP contribution in [0.25, 0.3) is 0 Å². The van der Waals surface area contributed by atoms with Crippen LogP contribution in [0, 0.1) is 0 Å². The van der Waals surface area contributed by atoms with Gasteiger partial charge in [0.1, 0.15) is 0 Å². The Morgan fingerprint density at radius 1 is 1.30 bits per heavy atom. The molecule has 0 rings (SSSR count). The SMILES string of the molecule is CC(C)(C)NC/C=C/CCl. The maximum Gasteiger partial charge on any atom is 0.0404 e. The highest BCUT2D eigenvalue weighted by Gasteiger charge is 2.05. The van der Waals surface area contributed by atoms with Crippen molar-refractivity contribution < 1.29 is 0 Å². The molecule has 0 bridgehead atoms. The molecule has 10 heavy (non-hydrogen) atoms. The van der Waals surface area contributed by atoms with Crippen molar-refractivity contribution in [1.82, 2.24) is 5.32 Å². The molecule has 2 heteroatoms. The summed E-state index contributed by atoms with van der Waals surface area (Å²) in [5.41, 5.74) is 0.205. The Morgan fingerprint density at radius 3 is 2.30 bits per heavy atom. The quantitative estimate of drug-likeness (QED) is 0.494. The second-order valence-corrected chi connectivity index (χ2v) is 3.57. The van der Waals surface area contributed by atoms with E-state index in [9.17, 15) is 0 Å². The highest BCUT2D eigenvalue weighted by atomic mass is 35.5. The fourth-order valence-corrected chi connectivity index (χ4v) is 0.637. The summed E-state index contributed by atoms with van der Waals surface area (Å²) in [7, 11) is 0. The van der Waals surface area contributed by atoms with Gasteiger partial charge < -0.3 is 5.32 Å². The molecule has 0 saturated heterocycles. The normalized spacial score (nSPS) is 12.8. The van der Waals surface area contributed by atoms with Gasteiger partial charge in [-0.2, -0.15) is 0 Å². The van der Waals surface area contributed by atoms with Gasteiger partial charge in [0.2, 0.25) is 0 Å². The number of nitrogens with one attached hydrogen (secondary N) is 1. The smallest absolute Gasteiger partial charge is 0.0404 e. The van der Waals surface area contributed by atoms with E-state index >= 15 is 0 Å². The molecule has 60 valence electrons. The van der Waals surface area contributed by atoms with E-state index in [0.717, 1.165) is 6.54 Å². The molecular weight excluding hydrogens is 146 g/mol. The molecule has 0 atom stereocenters. The topological polar surface area (TPSA) is 12.0 Å². The maximum absolute atomic E-state index is 5.44. The van der Waals surface area contributed by atoms with Crippen molar-refractivity contribution in [2.45, 2.75) is 26.3 Å². The van der Waals surface area contributed by atoms with Crippen molar-refractivity contribution >= 4 is 11.6 Å². The number of rotatable bonds is 3. The van der Waals surface area contributed by atoms with E-state index in [1.54, 1.807) is 0 Å². The summed E-state index contributed by atoms with van der Waals surface area (Å²) < 4.78 is 0. The Labute approximate surface area is 68.5 Å². The fourth-order valence-electron chi connectivity index (χ4n) is 0.511. The molecule has 0 saturated carbocycles. The van der Waals surface area contributed by atoms with Crippen molar-refractivity contribution in [2.24, 2.45) is 0 Å². The molecule has 0 radical (unpaired) electrons. The molecule has 0 unspecified atom stereocenters. The van der Waals surface area contributed by atoms with E-state index in [4.69, 9.17) is 11.6 Å². The zero-order valence-electron chi connectivity index (χ0n) is 6.95. The van der Waals surface area contributed by atoms with Crippen LogP contribution < -0.4 is 5.32 Å². The van der Waals surface area contributed by atoms with Gasteiger partial charge in [0.15, 0.2) is 0 Å². The summed E-state index contributed by atoms with van der Waals surface area (Å²) in [6, 6.07) is 0. The molecule has 1 N–H and O–H groups in total. The largest absolute Gasteiger partial charge is 0.309 e. The van der Waals surface area contributed by atoms with Crippen molar-refractivity contribution in [3.63, 3.8) is 0 Å². The third kappa shape index (κ3) is 7.99. The van der Waals surface area contributed by atoms with Gasteiger partial charge in [0.05, 0.1) is 0 Å². The molecule has 0 heterocycles. The Kier molecular flexibility index (Phi) is 4.75. The minimum absolute atomic E-state index is 0.205. The Morgan fingerprint density at radius 2 is 1.90 bits per heavy atom. The minimum atomic E-state index is 0.205. The van der Waals surface area contributed by atoms with E-state index < -0.39 is 0 Å². The van der Waals surface area contributed by atoms with Gasteiger partial charge in [0.25, 0.3) is 0 Å². The first kappa shape index (κ1) is 9.99. The van der Waals surface area contributed by atoms with Crippen LogP contribution in [0.15, 0.2) is 12.2 Å². The summed E-state index contributed by atoms with van der Waals surface area (Å²) in [6.45, 7) is 7.32. The average Bonchev–Trinajstić information content (AvgIpc) is 1.78. The van der Waals surface area contributed by atoms with Crippen LogP contribution in [0.5, 0.6) is 0 Å². The Bertz CT molecular complexity index is 102. The van der Waals surface area contributed by atoms with Gasteiger partial charge in [0, 0.05) is 18.0 Å². The molecule has 1 nitrogen and oxygen atoms in total. The number of halogens is 1. The molecule has 0 aliphatic heterocycles.